The standard InChI is InChI=1S/C16H23F5N2O/c1-11-8-22(9-12-2-5-15(17,18)6-3-12)14(16(19,20)21)23(11)13-4-7-24-10-13/h8,12-14H,2-7,9-10H2,1H3. The minimum absolute atomic E-state index is 0.127. The van der Waals surface area contributed by atoms with E-state index in [1.807, 2.05) is 0 Å². The van der Waals surface area contributed by atoms with Gasteiger partial charge < -0.3 is 14.5 Å². The van der Waals surface area contributed by atoms with Gasteiger partial charge in [-0.15, -0.1) is 0 Å². The van der Waals surface area contributed by atoms with Gasteiger partial charge in [0.15, 0.2) is 6.17 Å². The van der Waals surface area contributed by atoms with Crippen LogP contribution in [0.5, 0.6) is 0 Å². The lowest BCUT2D eigenvalue weighted by Gasteiger charge is -2.40. The Bertz CT molecular complexity index is 477. The zero-order valence-electron chi connectivity index (χ0n) is 13.7. The topological polar surface area (TPSA) is 15.7 Å². The molecule has 0 amide bonds. The molecule has 3 rings (SSSR count). The molecule has 0 N–H and O–H groups in total. The molecule has 0 radical (unpaired) electrons. The summed E-state index contributed by atoms with van der Waals surface area (Å²) in [5.41, 5.74) is 0.564. The summed E-state index contributed by atoms with van der Waals surface area (Å²) in [6, 6.07) is -0.284. The van der Waals surface area contributed by atoms with Gasteiger partial charge in [-0.2, -0.15) is 13.2 Å². The molecule has 0 aromatic heterocycles. The summed E-state index contributed by atoms with van der Waals surface area (Å²) in [6.45, 7) is 2.60. The second kappa shape index (κ2) is 6.35. The highest BCUT2D eigenvalue weighted by atomic mass is 19.4. The largest absolute Gasteiger partial charge is 0.427 e. The average molecular weight is 354 g/mol. The van der Waals surface area contributed by atoms with E-state index in [0.29, 0.717) is 25.3 Å². The molecule has 0 aromatic rings. The minimum Gasteiger partial charge on any atom is -0.379 e. The van der Waals surface area contributed by atoms with Crippen molar-refractivity contribution in [3.63, 3.8) is 0 Å². The van der Waals surface area contributed by atoms with E-state index in [9.17, 15) is 22.0 Å². The van der Waals surface area contributed by atoms with E-state index in [0.717, 1.165) is 0 Å². The van der Waals surface area contributed by atoms with Crippen molar-refractivity contribution in [3.05, 3.63) is 11.9 Å². The van der Waals surface area contributed by atoms with Crippen LogP contribution >= 0.6 is 0 Å². The van der Waals surface area contributed by atoms with Gasteiger partial charge in [0.1, 0.15) is 0 Å². The highest BCUT2D eigenvalue weighted by Crippen LogP contribution is 2.41. The maximum atomic E-state index is 13.7. The van der Waals surface area contributed by atoms with Gasteiger partial charge in [0.25, 0.3) is 0 Å². The Morgan fingerprint density at radius 1 is 1.21 bits per heavy atom. The summed E-state index contributed by atoms with van der Waals surface area (Å²) in [6.07, 6.45) is -3.94. The molecule has 0 bridgehead atoms. The van der Waals surface area contributed by atoms with Crippen LogP contribution in [0.2, 0.25) is 0 Å². The number of rotatable bonds is 3. The van der Waals surface area contributed by atoms with E-state index < -0.39 is 18.3 Å². The first kappa shape index (κ1) is 17.8. The first-order valence-electron chi connectivity index (χ1n) is 8.42. The Morgan fingerprint density at radius 2 is 1.88 bits per heavy atom. The fourth-order valence-corrected chi connectivity index (χ4v) is 4.04. The summed E-state index contributed by atoms with van der Waals surface area (Å²) >= 11 is 0. The van der Waals surface area contributed by atoms with Gasteiger partial charge in [0.05, 0.1) is 12.6 Å². The van der Waals surface area contributed by atoms with Crippen LogP contribution in [-0.2, 0) is 4.74 Å². The number of alkyl halides is 5. The van der Waals surface area contributed by atoms with E-state index in [2.05, 4.69) is 0 Å². The third kappa shape index (κ3) is 3.63. The van der Waals surface area contributed by atoms with Crippen molar-refractivity contribution in [2.24, 2.45) is 5.92 Å². The van der Waals surface area contributed by atoms with E-state index >= 15 is 0 Å². The monoisotopic (exact) mass is 354 g/mol. The van der Waals surface area contributed by atoms with Crippen LogP contribution in [0, 0.1) is 5.92 Å². The van der Waals surface area contributed by atoms with Crippen molar-refractivity contribution in [2.75, 3.05) is 19.8 Å². The van der Waals surface area contributed by atoms with Gasteiger partial charge in [0, 0.05) is 37.9 Å². The minimum atomic E-state index is -4.41. The van der Waals surface area contributed by atoms with Gasteiger partial charge in [-0.25, -0.2) is 8.78 Å². The van der Waals surface area contributed by atoms with E-state index in [1.165, 1.54) is 16.0 Å². The summed E-state index contributed by atoms with van der Waals surface area (Å²) in [4.78, 5) is 2.69. The van der Waals surface area contributed by atoms with E-state index in [-0.39, 0.29) is 44.2 Å². The SMILES string of the molecule is CC1=CN(CC2CCC(F)(F)CC2)C(C(F)(F)F)N1C1CCOC1. The van der Waals surface area contributed by atoms with Gasteiger partial charge >= 0.3 is 6.18 Å². The summed E-state index contributed by atoms with van der Waals surface area (Å²) < 4.78 is 72.8. The van der Waals surface area contributed by atoms with Crippen molar-refractivity contribution in [3.8, 4) is 0 Å². The van der Waals surface area contributed by atoms with Crippen molar-refractivity contribution >= 4 is 0 Å². The van der Waals surface area contributed by atoms with Crippen LogP contribution in [0.1, 0.15) is 39.0 Å². The van der Waals surface area contributed by atoms with Crippen LogP contribution in [0.15, 0.2) is 11.9 Å². The lowest BCUT2D eigenvalue weighted by Crippen LogP contribution is -2.54. The third-order valence-corrected chi connectivity index (χ3v) is 5.24. The van der Waals surface area contributed by atoms with Crippen molar-refractivity contribution in [2.45, 2.75) is 63.3 Å². The Kier molecular flexibility index (Phi) is 4.70. The highest BCUT2D eigenvalue weighted by Gasteiger charge is 2.52. The molecular formula is C16H23F5N2O. The van der Waals surface area contributed by atoms with Gasteiger partial charge in [-0.05, 0) is 32.1 Å². The number of hydrogen-bond donors (Lipinski definition) is 0. The normalized spacial score (nSPS) is 31.7. The zero-order chi connectivity index (χ0) is 17.5. The van der Waals surface area contributed by atoms with Gasteiger partial charge in [-0.1, -0.05) is 0 Å². The molecule has 138 valence electrons. The van der Waals surface area contributed by atoms with Crippen molar-refractivity contribution in [1.82, 2.24) is 9.80 Å². The molecule has 1 saturated heterocycles. The maximum Gasteiger partial charge on any atom is 0.427 e. The van der Waals surface area contributed by atoms with Crippen molar-refractivity contribution < 1.29 is 26.7 Å². The van der Waals surface area contributed by atoms with Gasteiger partial charge in [-0.3, -0.25) is 0 Å². The molecule has 1 aliphatic carbocycles. The number of halogens is 5. The van der Waals surface area contributed by atoms with E-state index in [4.69, 9.17) is 4.74 Å². The first-order valence-corrected chi connectivity index (χ1v) is 8.42. The van der Waals surface area contributed by atoms with Gasteiger partial charge in [0.2, 0.25) is 5.92 Å². The predicted octanol–water partition coefficient (Wildman–Crippen LogP) is 3.97. The molecule has 2 atom stereocenters. The molecule has 2 aliphatic heterocycles. The van der Waals surface area contributed by atoms with E-state index in [1.54, 1.807) is 6.92 Å². The summed E-state index contributed by atoms with van der Waals surface area (Å²) in [5, 5.41) is 0. The number of nitrogens with zero attached hydrogens (tertiary/aromatic N) is 2. The molecule has 0 spiro atoms. The van der Waals surface area contributed by atoms with Crippen LogP contribution in [0.4, 0.5) is 22.0 Å². The number of ether oxygens (including phenoxy) is 1. The first-order chi connectivity index (χ1) is 11.2. The van der Waals surface area contributed by atoms with Crippen LogP contribution < -0.4 is 0 Å². The fourth-order valence-electron chi connectivity index (χ4n) is 4.04. The molecule has 8 heteroatoms. The highest BCUT2D eigenvalue weighted by molar-refractivity contribution is 5.12. The smallest absolute Gasteiger partial charge is 0.379 e. The van der Waals surface area contributed by atoms with Crippen LogP contribution in [0.25, 0.3) is 0 Å². The second-order valence-corrected chi connectivity index (χ2v) is 7.11. The maximum absolute atomic E-state index is 13.7. The van der Waals surface area contributed by atoms with Crippen LogP contribution in [-0.4, -0.2) is 53.9 Å². The molecule has 2 fully saturated rings. The quantitative estimate of drug-likeness (QED) is 0.714. The Balaban J connectivity index is 1.72. The summed E-state index contributed by atoms with van der Waals surface area (Å²) in [7, 11) is 0. The zero-order valence-corrected chi connectivity index (χ0v) is 13.7. The second-order valence-electron chi connectivity index (χ2n) is 7.11. The molecular weight excluding hydrogens is 331 g/mol. The average Bonchev–Trinajstić information content (AvgIpc) is 3.07. The molecule has 3 nitrogen and oxygen atoms in total. The number of hydrogen-bond acceptors (Lipinski definition) is 3. The molecule has 2 unspecified atom stereocenters. The number of allylic oxidation sites excluding steroid dienone is 1. The Hall–Kier alpha value is -1.05. The van der Waals surface area contributed by atoms with Crippen molar-refractivity contribution in [1.29, 1.82) is 0 Å². The third-order valence-electron chi connectivity index (χ3n) is 5.24. The molecule has 0 aromatic carbocycles. The predicted molar refractivity (Wildman–Crippen MR) is 78.3 cm³/mol. The molecule has 2 heterocycles. The summed E-state index contributed by atoms with van der Waals surface area (Å²) in [5.74, 6) is -2.79. The van der Waals surface area contributed by atoms with Crippen LogP contribution in [0.3, 0.4) is 0 Å². The molecule has 1 saturated carbocycles. The Labute approximate surface area is 138 Å². The Morgan fingerprint density at radius 3 is 2.42 bits per heavy atom. The molecule has 24 heavy (non-hydrogen) atoms. The fraction of sp³-hybridized carbons (Fsp3) is 0.875. The molecule has 3 aliphatic rings. The lowest BCUT2D eigenvalue weighted by atomic mass is 9.86. The lowest BCUT2D eigenvalue weighted by molar-refractivity contribution is -0.212.